The van der Waals surface area contributed by atoms with Crippen LogP contribution in [0.3, 0.4) is 0 Å². The second-order valence-corrected chi connectivity index (χ2v) is 13.2. The molecule has 1 amide bonds. The van der Waals surface area contributed by atoms with Crippen LogP contribution in [0.15, 0.2) is 60.8 Å². The van der Waals surface area contributed by atoms with Crippen molar-refractivity contribution in [2.45, 2.75) is 62.9 Å². The van der Waals surface area contributed by atoms with Crippen molar-refractivity contribution in [3.63, 3.8) is 0 Å². The van der Waals surface area contributed by atoms with Crippen LogP contribution in [0, 0.1) is 29.4 Å². The minimum Gasteiger partial charge on any atom is -0.378 e. The summed E-state index contributed by atoms with van der Waals surface area (Å²) < 4.78 is 101. The number of alkyl halides is 5. The van der Waals surface area contributed by atoms with Gasteiger partial charge in [-0.25, -0.2) is 13.8 Å². The molecule has 2 aromatic carbocycles. The molecule has 14 heteroatoms. The van der Waals surface area contributed by atoms with E-state index >= 15 is 8.78 Å². The van der Waals surface area contributed by atoms with Crippen LogP contribution in [-0.2, 0) is 29.9 Å². The largest absolute Gasteiger partial charge is 0.435 e. The minimum atomic E-state index is -5.02. The summed E-state index contributed by atoms with van der Waals surface area (Å²) in [5.74, 6) is -3.27. The summed E-state index contributed by atoms with van der Waals surface area (Å²) in [6, 6.07) is 12.1. The number of aromatic amines is 1. The number of amides is 1. The highest BCUT2D eigenvalue weighted by molar-refractivity contribution is 5.86. The van der Waals surface area contributed by atoms with Crippen molar-refractivity contribution in [1.82, 2.24) is 25.1 Å². The van der Waals surface area contributed by atoms with E-state index in [2.05, 4.69) is 32.2 Å². The molecule has 1 fully saturated rings. The first kappa shape index (κ1) is 33.3. The van der Waals surface area contributed by atoms with E-state index in [1.54, 1.807) is 24.4 Å². The lowest BCUT2D eigenvalue weighted by molar-refractivity contribution is -0.142. The van der Waals surface area contributed by atoms with Crippen LogP contribution >= 0.6 is 0 Å². The fraction of sp³-hybridized carbons (Fsp3) is 0.306. The standard InChI is InChI=1S/C36H28F7N5O2/c1-34(2,50)9-7-23-4-5-24(19-3-6-27-20(14-19)8-10-44-27)31(45-23)28(13-18-11-21(37)15-22(38)12-18)46-29(49)17-48-33-30(32(47-48)36(41,42)43)25-16-26(25)35(33,39)40/h3-6,8,10-12,14-15,25-26,28,44,50H,13,16-17H2,1-2H3,(H,46,49)/t25-,26+,28-/m0/s1. The number of nitrogens with zero attached hydrogens (tertiary/aromatic N) is 3. The maximum atomic E-state index is 15.2. The van der Waals surface area contributed by atoms with Gasteiger partial charge >= 0.3 is 6.18 Å². The average molecular weight is 696 g/mol. The number of carbonyl (C=O) groups is 1. The predicted molar refractivity (Wildman–Crippen MR) is 168 cm³/mol. The van der Waals surface area contributed by atoms with Gasteiger partial charge in [-0.1, -0.05) is 12.0 Å². The monoisotopic (exact) mass is 695 g/mol. The average Bonchev–Trinajstić information content (AvgIpc) is 3.41. The van der Waals surface area contributed by atoms with Gasteiger partial charge in [0.1, 0.15) is 35.2 Å². The molecule has 7 rings (SSSR count). The van der Waals surface area contributed by atoms with Crippen molar-refractivity contribution in [3.8, 4) is 23.0 Å². The molecule has 5 aromatic rings. The summed E-state index contributed by atoms with van der Waals surface area (Å²) in [6.07, 6.45) is -3.65. The van der Waals surface area contributed by atoms with E-state index in [0.29, 0.717) is 21.9 Å². The summed E-state index contributed by atoms with van der Waals surface area (Å²) in [6.45, 7) is 1.93. The van der Waals surface area contributed by atoms with E-state index < -0.39 is 76.6 Å². The lowest BCUT2D eigenvalue weighted by Gasteiger charge is -2.23. The third-order valence-corrected chi connectivity index (χ3v) is 8.81. The first-order valence-electron chi connectivity index (χ1n) is 15.6. The molecular formula is C36H28F7N5O2. The maximum Gasteiger partial charge on any atom is 0.435 e. The van der Waals surface area contributed by atoms with Gasteiger partial charge in [0.2, 0.25) is 5.91 Å². The van der Waals surface area contributed by atoms with Gasteiger partial charge in [-0.2, -0.15) is 27.1 Å². The van der Waals surface area contributed by atoms with Crippen molar-refractivity contribution in [3.05, 3.63) is 106 Å². The number of hydrogen-bond donors (Lipinski definition) is 3. The van der Waals surface area contributed by atoms with Gasteiger partial charge in [-0.15, -0.1) is 0 Å². The Bertz CT molecular complexity index is 2200. The van der Waals surface area contributed by atoms with Crippen LogP contribution in [-0.4, -0.2) is 36.4 Å². The predicted octanol–water partition coefficient (Wildman–Crippen LogP) is 7.15. The number of benzene rings is 2. The van der Waals surface area contributed by atoms with Crippen LogP contribution in [0.5, 0.6) is 0 Å². The smallest absolute Gasteiger partial charge is 0.378 e. The fourth-order valence-corrected chi connectivity index (χ4v) is 6.64. The fourth-order valence-electron chi connectivity index (χ4n) is 6.64. The van der Waals surface area contributed by atoms with Gasteiger partial charge in [-0.3, -0.25) is 9.48 Å². The van der Waals surface area contributed by atoms with E-state index in [1.807, 2.05) is 18.2 Å². The molecule has 3 atom stereocenters. The highest BCUT2D eigenvalue weighted by Gasteiger charge is 2.68. The van der Waals surface area contributed by atoms with Crippen molar-refractivity contribution in [1.29, 1.82) is 0 Å². The molecule has 0 saturated heterocycles. The normalized spacial score (nSPS) is 18.3. The van der Waals surface area contributed by atoms with E-state index in [0.717, 1.165) is 23.0 Å². The van der Waals surface area contributed by atoms with Crippen LogP contribution in [0.2, 0.25) is 0 Å². The Kier molecular flexibility index (Phi) is 7.82. The number of rotatable bonds is 7. The number of aromatic nitrogens is 4. The van der Waals surface area contributed by atoms with E-state index in [4.69, 9.17) is 0 Å². The number of nitrogens with one attached hydrogen (secondary N) is 2. The molecule has 50 heavy (non-hydrogen) atoms. The first-order chi connectivity index (χ1) is 23.5. The van der Waals surface area contributed by atoms with Gasteiger partial charge in [-0.05, 0) is 97.5 Å². The van der Waals surface area contributed by atoms with Crippen LogP contribution in [0.1, 0.15) is 66.1 Å². The highest BCUT2D eigenvalue weighted by Crippen LogP contribution is 2.68. The topological polar surface area (TPSA) is 95.8 Å². The SMILES string of the molecule is CC(C)(O)C#Cc1ccc(-c2ccc3[nH]ccc3c2)c([C@H](Cc2cc(F)cc(F)c2)NC(=O)Cn2nc(C(F)(F)F)c3c2C(F)(F)[C@@H]2C[C@H]32)n1. The molecule has 0 unspecified atom stereocenters. The van der Waals surface area contributed by atoms with Gasteiger partial charge in [0.15, 0.2) is 5.69 Å². The molecule has 0 bridgehead atoms. The number of fused-ring (bicyclic) bond motifs is 4. The van der Waals surface area contributed by atoms with Crippen molar-refractivity contribution >= 4 is 16.8 Å². The van der Waals surface area contributed by atoms with Gasteiger partial charge in [0, 0.05) is 34.8 Å². The molecular weight excluding hydrogens is 667 g/mol. The molecule has 3 heterocycles. The Labute approximate surface area is 280 Å². The number of pyridine rings is 1. The summed E-state index contributed by atoms with van der Waals surface area (Å²) in [4.78, 5) is 21.4. The zero-order valence-corrected chi connectivity index (χ0v) is 26.5. The quantitative estimate of drug-likeness (QED) is 0.125. The van der Waals surface area contributed by atoms with Crippen LogP contribution < -0.4 is 5.32 Å². The summed E-state index contributed by atoms with van der Waals surface area (Å²) in [5.41, 5.74) is -2.02. The van der Waals surface area contributed by atoms with E-state index in [-0.39, 0.29) is 29.8 Å². The molecule has 2 aliphatic rings. The van der Waals surface area contributed by atoms with Gasteiger partial charge in [0.25, 0.3) is 5.92 Å². The first-order valence-corrected chi connectivity index (χ1v) is 15.6. The van der Waals surface area contributed by atoms with E-state index in [9.17, 15) is 31.9 Å². The van der Waals surface area contributed by atoms with Crippen molar-refractivity contribution in [2.24, 2.45) is 5.92 Å². The van der Waals surface area contributed by atoms with Gasteiger partial charge < -0.3 is 15.4 Å². The summed E-state index contributed by atoms with van der Waals surface area (Å²) in [7, 11) is 0. The number of carbonyl (C=O) groups excluding carboxylic acids is 1. The summed E-state index contributed by atoms with van der Waals surface area (Å²) in [5, 5.41) is 17.1. The number of aliphatic hydroxyl groups is 1. The molecule has 7 nitrogen and oxygen atoms in total. The van der Waals surface area contributed by atoms with Crippen LogP contribution in [0.25, 0.3) is 22.0 Å². The third kappa shape index (κ3) is 6.33. The Morgan fingerprint density at radius 1 is 1.10 bits per heavy atom. The molecule has 1 saturated carbocycles. The Morgan fingerprint density at radius 3 is 2.54 bits per heavy atom. The lowest BCUT2D eigenvalue weighted by atomic mass is 9.94. The van der Waals surface area contributed by atoms with Gasteiger partial charge in [0.05, 0.1) is 11.7 Å². The third-order valence-electron chi connectivity index (χ3n) is 8.81. The summed E-state index contributed by atoms with van der Waals surface area (Å²) >= 11 is 0. The molecule has 3 aromatic heterocycles. The molecule has 2 aliphatic carbocycles. The number of H-pyrrole nitrogens is 1. The zero-order chi connectivity index (χ0) is 35.7. The van der Waals surface area contributed by atoms with Crippen molar-refractivity contribution in [2.75, 3.05) is 0 Å². The minimum absolute atomic E-state index is 0.0978. The van der Waals surface area contributed by atoms with Crippen molar-refractivity contribution < 1.29 is 40.6 Å². The number of halogens is 7. The Balaban J connectivity index is 1.32. The van der Waals surface area contributed by atoms with Crippen LogP contribution in [0.4, 0.5) is 30.7 Å². The highest BCUT2D eigenvalue weighted by atomic mass is 19.4. The lowest BCUT2D eigenvalue weighted by Crippen LogP contribution is -2.35. The zero-order valence-electron chi connectivity index (χ0n) is 26.5. The molecule has 0 radical (unpaired) electrons. The molecule has 0 aliphatic heterocycles. The number of hydrogen-bond acceptors (Lipinski definition) is 4. The molecule has 3 N–H and O–H groups in total. The Hall–Kier alpha value is -5.16. The molecule has 258 valence electrons. The van der Waals surface area contributed by atoms with E-state index in [1.165, 1.54) is 13.8 Å². The Morgan fingerprint density at radius 2 is 1.84 bits per heavy atom. The second kappa shape index (κ2) is 11.7. The maximum absolute atomic E-state index is 15.2. The molecule has 0 spiro atoms. The second-order valence-electron chi connectivity index (χ2n) is 13.2.